The van der Waals surface area contributed by atoms with Crippen molar-refractivity contribution in [2.24, 2.45) is 0 Å². The summed E-state index contributed by atoms with van der Waals surface area (Å²) < 4.78 is 3.08. The van der Waals surface area contributed by atoms with Crippen LogP contribution in [0.1, 0.15) is 12.6 Å². The van der Waals surface area contributed by atoms with Gasteiger partial charge >= 0.3 is 0 Å². The number of aromatic nitrogens is 1. The van der Waals surface area contributed by atoms with Crippen LogP contribution in [0.15, 0.2) is 24.9 Å². The molecule has 10 heavy (non-hydrogen) atoms. The smallest absolute Gasteiger partial charge is 0.0544 e. The third kappa shape index (κ3) is 1.32. The molecule has 54 valence electrons. The van der Waals surface area contributed by atoms with Crippen LogP contribution in [0.4, 0.5) is 0 Å². The molecule has 0 amide bonds. The van der Waals surface area contributed by atoms with E-state index in [0.29, 0.717) is 0 Å². The minimum absolute atomic E-state index is 0.944. The molecule has 1 rings (SSSR count). The fourth-order valence-electron chi connectivity index (χ4n) is 0.936. The van der Waals surface area contributed by atoms with Crippen molar-refractivity contribution in [1.82, 2.24) is 4.57 Å². The molecule has 0 aliphatic rings. The summed E-state index contributed by atoms with van der Waals surface area (Å²) in [5, 5.41) is 0. The summed E-state index contributed by atoms with van der Waals surface area (Å²) in [6.45, 7) is 6.91. The summed E-state index contributed by atoms with van der Waals surface area (Å²) in [6, 6.07) is 4.06. The van der Waals surface area contributed by atoms with Gasteiger partial charge in [-0.3, -0.25) is 0 Å². The van der Waals surface area contributed by atoms with E-state index in [0.717, 1.165) is 16.7 Å². The molecular weight excluding hydrogens is 190 g/mol. The van der Waals surface area contributed by atoms with Crippen LogP contribution >= 0.6 is 15.9 Å². The first-order valence-electron chi connectivity index (χ1n) is 3.25. The highest BCUT2D eigenvalue weighted by atomic mass is 79.9. The van der Waals surface area contributed by atoms with Crippen LogP contribution in [-0.2, 0) is 6.54 Å². The highest BCUT2D eigenvalue weighted by Gasteiger charge is 1.98. The first kappa shape index (κ1) is 7.61. The lowest BCUT2D eigenvalue weighted by Crippen LogP contribution is -1.94. The zero-order valence-corrected chi connectivity index (χ0v) is 7.56. The molecule has 1 aromatic rings. The van der Waals surface area contributed by atoms with Gasteiger partial charge in [-0.25, -0.2) is 0 Å². The van der Waals surface area contributed by atoms with Crippen molar-refractivity contribution in [2.75, 3.05) is 0 Å². The Morgan fingerprint density at radius 2 is 2.50 bits per heavy atom. The monoisotopic (exact) mass is 199 g/mol. The average molecular weight is 200 g/mol. The normalized spacial score (nSPS) is 9.80. The highest BCUT2D eigenvalue weighted by Crippen LogP contribution is 2.18. The molecule has 0 radical (unpaired) electrons. The SMILES string of the molecule is C=C(Br)c1cccn1CC. The van der Waals surface area contributed by atoms with Crippen LogP contribution in [0, 0.1) is 0 Å². The summed E-state index contributed by atoms with van der Waals surface area (Å²) in [6.07, 6.45) is 2.04. The Kier molecular flexibility index (Phi) is 2.33. The second-order valence-electron chi connectivity index (χ2n) is 2.08. The number of hydrogen-bond acceptors (Lipinski definition) is 0. The molecule has 1 aromatic heterocycles. The Bertz CT molecular complexity index is 237. The van der Waals surface area contributed by atoms with E-state index in [1.54, 1.807) is 0 Å². The predicted molar refractivity (Wildman–Crippen MR) is 48.1 cm³/mol. The Balaban J connectivity index is 3.01. The van der Waals surface area contributed by atoms with Crippen molar-refractivity contribution in [3.05, 3.63) is 30.6 Å². The minimum Gasteiger partial charge on any atom is -0.347 e. The number of halogens is 1. The Morgan fingerprint density at radius 3 is 2.90 bits per heavy atom. The number of aryl methyl sites for hydroxylation is 1. The molecule has 0 aliphatic carbocycles. The number of nitrogens with zero attached hydrogens (tertiary/aromatic N) is 1. The van der Waals surface area contributed by atoms with E-state index in [1.807, 2.05) is 18.3 Å². The van der Waals surface area contributed by atoms with Crippen molar-refractivity contribution in [2.45, 2.75) is 13.5 Å². The molecule has 1 heterocycles. The van der Waals surface area contributed by atoms with Crippen LogP contribution in [-0.4, -0.2) is 4.57 Å². The van der Waals surface area contributed by atoms with Crippen LogP contribution < -0.4 is 0 Å². The molecule has 0 aromatic carbocycles. The molecule has 0 fully saturated rings. The van der Waals surface area contributed by atoms with Gasteiger partial charge in [0, 0.05) is 17.2 Å². The number of hydrogen-bond donors (Lipinski definition) is 0. The van der Waals surface area contributed by atoms with Gasteiger partial charge in [0.25, 0.3) is 0 Å². The molecule has 0 spiro atoms. The van der Waals surface area contributed by atoms with E-state index in [1.165, 1.54) is 0 Å². The maximum atomic E-state index is 3.80. The largest absolute Gasteiger partial charge is 0.347 e. The molecule has 0 saturated heterocycles. The van der Waals surface area contributed by atoms with Gasteiger partial charge in [-0.1, -0.05) is 6.58 Å². The van der Waals surface area contributed by atoms with E-state index in [-0.39, 0.29) is 0 Å². The molecule has 2 heteroatoms. The third-order valence-corrected chi connectivity index (χ3v) is 1.85. The lowest BCUT2D eigenvalue weighted by molar-refractivity contribution is 0.761. The first-order chi connectivity index (χ1) is 4.75. The van der Waals surface area contributed by atoms with Crippen LogP contribution in [0.3, 0.4) is 0 Å². The van der Waals surface area contributed by atoms with Crippen molar-refractivity contribution in [1.29, 1.82) is 0 Å². The molecule has 0 unspecified atom stereocenters. The summed E-state index contributed by atoms with van der Waals surface area (Å²) in [4.78, 5) is 0. The molecular formula is C8H10BrN. The molecule has 0 saturated carbocycles. The van der Waals surface area contributed by atoms with Crippen LogP contribution in [0.2, 0.25) is 0 Å². The van der Waals surface area contributed by atoms with Gasteiger partial charge in [-0.2, -0.15) is 0 Å². The van der Waals surface area contributed by atoms with Crippen molar-refractivity contribution >= 4 is 20.4 Å². The maximum absolute atomic E-state index is 3.80. The van der Waals surface area contributed by atoms with Crippen molar-refractivity contribution < 1.29 is 0 Å². The van der Waals surface area contributed by atoms with Gasteiger partial charge < -0.3 is 4.57 Å². The molecule has 0 bridgehead atoms. The summed E-state index contributed by atoms with van der Waals surface area (Å²) >= 11 is 3.34. The maximum Gasteiger partial charge on any atom is 0.0544 e. The lowest BCUT2D eigenvalue weighted by atomic mass is 10.4. The Labute approximate surface area is 69.5 Å². The quantitative estimate of drug-likeness (QED) is 0.691. The zero-order chi connectivity index (χ0) is 7.56. The van der Waals surface area contributed by atoms with E-state index in [9.17, 15) is 0 Å². The van der Waals surface area contributed by atoms with Crippen LogP contribution in [0.5, 0.6) is 0 Å². The zero-order valence-electron chi connectivity index (χ0n) is 5.97. The topological polar surface area (TPSA) is 4.93 Å². The van der Waals surface area contributed by atoms with Crippen molar-refractivity contribution in [3.8, 4) is 0 Å². The van der Waals surface area contributed by atoms with Gasteiger partial charge in [-0.05, 0) is 35.0 Å². The van der Waals surface area contributed by atoms with E-state index in [2.05, 4.69) is 34.0 Å². The molecule has 1 nitrogen and oxygen atoms in total. The van der Waals surface area contributed by atoms with Crippen molar-refractivity contribution in [3.63, 3.8) is 0 Å². The predicted octanol–water partition coefficient (Wildman–Crippen LogP) is 2.87. The molecule has 0 aliphatic heterocycles. The summed E-state index contributed by atoms with van der Waals surface area (Å²) in [7, 11) is 0. The second kappa shape index (κ2) is 3.06. The molecule has 0 atom stereocenters. The first-order valence-corrected chi connectivity index (χ1v) is 4.05. The number of rotatable bonds is 2. The fourth-order valence-corrected chi connectivity index (χ4v) is 1.30. The summed E-state index contributed by atoms with van der Waals surface area (Å²) in [5.41, 5.74) is 1.16. The standard InChI is InChI=1S/C8H10BrN/c1-3-10-6-4-5-8(10)7(2)9/h4-6H,2-3H2,1H3. The Morgan fingerprint density at radius 1 is 1.80 bits per heavy atom. The molecule has 0 N–H and O–H groups in total. The fraction of sp³-hybridized carbons (Fsp3) is 0.250. The lowest BCUT2D eigenvalue weighted by Gasteiger charge is -2.02. The second-order valence-corrected chi connectivity index (χ2v) is 3.04. The van der Waals surface area contributed by atoms with E-state index >= 15 is 0 Å². The van der Waals surface area contributed by atoms with Gasteiger partial charge in [0.2, 0.25) is 0 Å². The van der Waals surface area contributed by atoms with Crippen LogP contribution in [0.25, 0.3) is 4.48 Å². The van der Waals surface area contributed by atoms with Gasteiger partial charge in [0.05, 0.1) is 5.69 Å². The third-order valence-electron chi connectivity index (χ3n) is 1.45. The van der Waals surface area contributed by atoms with Gasteiger partial charge in [-0.15, -0.1) is 0 Å². The summed E-state index contributed by atoms with van der Waals surface area (Å²) in [5.74, 6) is 0. The van der Waals surface area contributed by atoms with Gasteiger partial charge in [0.1, 0.15) is 0 Å². The minimum atomic E-state index is 0.944. The highest BCUT2D eigenvalue weighted by molar-refractivity contribution is 9.15. The Hall–Kier alpha value is -0.500. The average Bonchev–Trinajstić information content (AvgIpc) is 2.33. The van der Waals surface area contributed by atoms with E-state index in [4.69, 9.17) is 0 Å². The van der Waals surface area contributed by atoms with Gasteiger partial charge in [0.15, 0.2) is 0 Å². The van der Waals surface area contributed by atoms with E-state index < -0.39 is 0 Å².